The van der Waals surface area contributed by atoms with Crippen molar-refractivity contribution in [2.45, 2.75) is 23.0 Å². The van der Waals surface area contributed by atoms with Gasteiger partial charge in [0.05, 0.1) is 4.75 Å². The second-order valence-electron chi connectivity index (χ2n) is 3.51. The number of benzene rings is 1. The topological polar surface area (TPSA) is 17.1 Å². The monoisotopic (exact) mass is 214 g/mol. The first-order valence-corrected chi connectivity index (χ1v) is 5.00. The van der Waals surface area contributed by atoms with E-state index in [1.54, 1.807) is 6.92 Å². The SMILES string of the molecule is CC1(Sc2ccc(F)cc2F)CC1=O. The van der Waals surface area contributed by atoms with Crippen molar-refractivity contribution in [1.29, 1.82) is 0 Å². The second kappa shape index (κ2) is 3.05. The first kappa shape index (κ1) is 9.65. The van der Waals surface area contributed by atoms with Crippen molar-refractivity contribution >= 4 is 17.5 Å². The van der Waals surface area contributed by atoms with Gasteiger partial charge < -0.3 is 0 Å². The van der Waals surface area contributed by atoms with Crippen LogP contribution in [-0.2, 0) is 4.79 Å². The van der Waals surface area contributed by atoms with Gasteiger partial charge in [-0.05, 0) is 19.1 Å². The summed E-state index contributed by atoms with van der Waals surface area (Å²) in [6.07, 6.45) is 0.467. The third kappa shape index (κ3) is 1.66. The lowest BCUT2D eigenvalue weighted by Gasteiger charge is -2.06. The summed E-state index contributed by atoms with van der Waals surface area (Å²) in [5.74, 6) is -1.08. The van der Waals surface area contributed by atoms with E-state index in [1.807, 2.05) is 0 Å². The number of hydrogen-bond acceptors (Lipinski definition) is 2. The van der Waals surface area contributed by atoms with E-state index in [9.17, 15) is 13.6 Å². The first-order valence-electron chi connectivity index (χ1n) is 4.19. The minimum Gasteiger partial charge on any atom is -0.298 e. The molecule has 1 fully saturated rings. The molecule has 0 radical (unpaired) electrons. The van der Waals surface area contributed by atoms with Gasteiger partial charge in [-0.2, -0.15) is 0 Å². The Kier molecular flexibility index (Phi) is 2.10. The zero-order valence-corrected chi connectivity index (χ0v) is 8.33. The summed E-state index contributed by atoms with van der Waals surface area (Å²) in [5, 5.41) is 0. The summed E-state index contributed by atoms with van der Waals surface area (Å²) in [5.41, 5.74) is 0. The molecule has 1 saturated carbocycles. The van der Waals surface area contributed by atoms with E-state index in [4.69, 9.17) is 0 Å². The van der Waals surface area contributed by atoms with E-state index >= 15 is 0 Å². The average molecular weight is 214 g/mol. The van der Waals surface area contributed by atoms with Crippen LogP contribution in [0.4, 0.5) is 8.78 Å². The van der Waals surface area contributed by atoms with Crippen LogP contribution in [0, 0.1) is 11.6 Å². The molecule has 2 rings (SSSR count). The molecular formula is C10H8F2OS. The Morgan fingerprint density at radius 3 is 2.57 bits per heavy atom. The largest absolute Gasteiger partial charge is 0.298 e. The molecule has 0 spiro atoms. The number of carbonyl (C=O) groups excluding carboxylic acids is 1. The van der Waals surface area contributed by atoms with E-state index in [0.717, 1.165) is 17.8 Å². The van der Waals surface area contributed by atoms with Crippen LogP contribution in [-0.4, -0.2) is 10.5 Å². The predicted octanol–water partition coefficient (Wildman–Crippen LogP) is 2.79. The van der Waals surface area contributed by atoms with Crippen LogP contribution in [0.3, 0.4) is 0 Å². The lowest BCUT2D eigenvalue weighted by Crippen LogP contribution is -1.99. The zero-order valence-electron chi connectivity index (χ0n) is 7.51. The van der Waals surface area contributed by atoms with Gasteiger partial charge in [0.15, 0.2) is 5.78 Å². The molecule has 1 aromatic rings. The summed E-state index contributed by atoms with van der Waals surface area (Å²) in [6, 6.07) is 3.40. The van der Waals surface area contributed by atoms with E-state index in [1.165, 1.54) is 12.1 Å². The molecule has 74 valence electrons. The Morgan fingerprint density at radius 1 is 1.43 bits per heavy atom. The van der Waals surface area contributed by atoms with Crippen LogP contribution in [0.2, 0.25) is 0 Å². The molecular weight excluding hydrogens is 206 g/mol. The van der Waals surface area contributed by atoms with E-state index in [0.29, 0.717) is 11.3 Å². The smallest absolute Gasteiger partial charge is 0.151 e. The maximum atomic E-state index is 13.2. The van der Waals surface area contributed by atoms with Gasteiger partial charge in [-0.15, -0.1) is 11.8 Å². The van der Waals surface area contributed by atoms with Gasteiger partial charge in [0.2, 0.25) is 0 Å². The average Bonchev–Trinajstić information content (AvgIpc) is 2.66. The fourth-order valence-electron chi connectivity index (χ4n) is 1.16. The van der Waals surface area contributed by atoms with Crippen molar-refractivity contribution in [3.8, 4) is 0 Å². The van der Waals surface area contributed by atoms with E-state index < -0.39 is 16.4 Å². The van der Waals surface area contributed by atoms with Crippen LogP contribution in [0.15, 0.2) is 23.1 Å². The van der Waals surface area contributed by atoms with E-state index in [-0.39, 0.29) is 5.78 Å². The fraction of sp³-hybridized carbons (Fsp3) is 0.300. The van der Waals surface area contributed by atoms with Gasteiger partial charge in [-0.1, -0.05) is 0 Å². The summed E-state index contributed by atoms with van der Waals surface area (Å²) >= 11 is 1.16. The first-order chi connectivity index (χ1) is 6.51. The van der Waals surface area contributed by atoms with Crippen molar-refractivity contribution in [3.63, 3.8) is 0 Å². The highest BCUT2D eigenvalue weighted by atomic mass is 32.2. The maximum Gasteiger partial charge on any atom is 0.151 e. The maximum absolute atomic E-state index is 13.2. The number of halogens is 2. The molecule has 0 aromatic heterocycles. The minimum atomic E-state index is -0.601. The highest BCUT2D eigenvalue weighted by molar-refractivity contribution is 8.02. The highest BCUT2D eigenvalue weighted by Crippen LogP contribution is 2.48. The number of ketones is 1. The molecule has 0 N–H and O–H groups in total. The second-order valence-corrected chi connectivity index (χ2v) is 5.05. The summed E-state index contributed by atoms with van der Waals surface area (Å²) in [7, 11) is 0. The molecule has 4 heteroatoms. The molecule has 1 aliphatic rings. The van der Waals surface area contributed by atoms with Gasteiger partial charge in [0, 0.05) is 17.4 Å². The van der Waals surface area contributed by atoms with Gasteiger partial charge >= 0.3 is 0 Å². The van der Waals surface area contributed by atoms with Crippen molar-refractivity contribution in [2.75, 3.05) is 0 Å². The zero-order chi connectivity index (χ0) is 10.3. The van der Waals surface area contributed by atoms with Crippen LogP contribution in [0.25, 0.3) is 0 Å². The molecule has 14 heavy (non-hydrogen) atoms. The Labute approximate surface area is 84.5 Å². The Morgan fingerprint density at radius 2 is 2.07 bits per heavy atom. The van der Waals surface area contributed by atoms with Crippen molar-refractivity contribution in [1.82, 2.24) is 0 Å². The summed E-state index contributed by atoms with van der Waals surface area (Å²) in [6.45, 7) is 1.77. The number of hydrogen-bond donors (Lipinski definition) is 0. The molecule has 0 heterocycles. The molecule has 0 bridgehead atoms. The summed E-state index contributed by atoms with van der Waals surface area (Å²) < 4.78 is 25.2. The molecule has 0 aliphatic heterocycles. The number of carbonyl (C=O) groups is 1. The van der Waals surface area contributed by atoms with Crippen LogP contribution < -0.4 is 0 Å². The standard InChI is InChI=1S/C10H8F2OS/c1-10(5-9(10)13)14-8-3-2-6(11)4-7(8)12/h2-4H,5H2,1H3. The fourth-order valence-corrected chi connectivity index (χ4v) is 2.25. The molecule has 0 amide bonds. The van der Waals surface area contributed by atoms with Crippen LogP contribution in [0.5, 0.6) is 0 Å². The normalized spacial score (nSPS) is 25.2. The lowest BCUT2D eigenvalue weighted by molar-refractivity contribution is -0.110. The Balaban J connectivity index is 2.22. The van der Waals surface area contributed by atoms with Crippen LogP contribution in [0.1, 0.15) is 13.3 Å². The quantitative estimate of drug-likeness (QED) is 0.753. The van der Waals surface area contributed by atoms with Crippen molar-refractivity contribution in [2.24, 2.45) is 0 Å². The van der Waals surface area contributed by atoms with Gasteiger partial charge in [0.1, 0.15) is 11.6 Å². The molecule has 1 nitrogen and oxygen atoms in total. The third-order valence-electron chi connectivity index (χ3n) is 2.19. The number of Topliss-reactive ketones (excluding diaryl/α,β-unsaturated/α-hetero) is 1. The predicted molar refractivity (Wildman–Crippen MR) is 50.2 cm³/mol. The van der Waals surface area contributed by atoms with Crippen molar-refractivity contribution < 1.29 is 13.6 Å². The number of rotatable bonds is 2. The van der Waals surface area contributed by atoms with Crippen molar-refractivity contribution in [3.05, 3.63) is 29.8 Å². The molecule has 0 saturated heterocycles. The summed E-state index contributed by atoms with van der Waals surface area (Å²) in [4.78, 5) is 11.3. The molecule has 1 atom stereocenters. The molecule has 1 aromatic carbocycles. The third-order valence-corrected chi connectivity index (χ3v) is 3.57. The van der Waals surface area contributed by atoms with Crippen LogP contribution >= 0.6 is 11.8 Å². The number of thioether (sulfide) groups is 1. The van der Waals surface area contributed by atoms with Gasteiger partial charge in [-0.3, -0.25) is 4.79 Å². The minimum absolute atomic E-state index is 0.117. The van der Waals surface area contributed by atoms with Gasteiger partial charge in [0.25, 0.3) is 0 Å². The highest BCUT2D eigenvalue weighted by Gasteiger charge is 2.50. The van der Waals surface area contributed by atoms with E-state index in [2.05, 4.69) is 0 Å². The molecule has 1 unspecified atom stereocenters. The van der Waals surface area contributed by atoms with Gasteiger partial charge in [-0.25, -0.2) is 8.78 Å². The Hall–Kier alpha value is -0.900. The Bertz CT molecular complexity index is 405. The lowest BCUT2D eigenvalue weighted by atomic mass is 10.3. The molecule has 1 aliphatic carbocycles.